The highest BCUT2D eigenvalue weighted by molar-refractivity contribution is 5.68. The number of aliphatic hydroxyl groups is 1. The maximum absolute atomic E-state index is 12.2. The van der Waals surface area contributed by atoms with E-state index in [-0.39, 0.29) is 5.54 Å². The molecule has 6 heteroatoms. The Balaban J connectivity index is 1.95. The van der Waals surface area contributed by atoms with Crippen molar-refractivity contribution in [1.29, 1.82) is 0 Å². The summed E-state index contributed by atoms with van der Waals surface area (Å²) in [5.41, 5.74) is 0.630. The summed E-state index contributed by atoms with van der Waals surface area (Å²) in [5, 5.41) is 16.8. The van der Waals surface area contributed by atoms with Crippen LogP contribution in [0.2, 0.25) is 0 Å². The van der Waals surface area contributed by atoms with E-state index in [0.717, 1.165) is 31.6 Å². The number of carbonyl (C=O) groups is 1. The molecule has 2 rings (SSSR count). The van der Waals surface area contributed by atoms with Gasteiger partial charge in [-0.25, -0.2) is 4.79 Å². The van der Waals surface area contributed by atoms with Crippen molar-refractivity contribution in [3.05, 3.63) is 35.9 Å². The molecule has 0 radical (unpaired) electrons. The fourth-order valence-electron chi connectivity index (χ4n) is 2.90. The van der Waals surface area contributed by atoms with E-state index in [1.54, 1.807) is 0 Å². The molecular weight excluding hydrogens is 332 g/mol. The molecule has 1 aliphatic rings. The van der Waals surface area contributed by atoms with E-state index in [9.17, 15) is 9.90 Å². The third-order valence-corrected chi connectivity index (χ3v) is 4.28. The number of rotatable bonds is 7. The highest BCUT2D eigenvalue weighted by Gasteiger charge is 2.26. The molecule has 1 amide bonds. The fraction of sp³-hybridized carbons (Fsp3) is 0.650. The second kappa shape index (κ2) is 9.90. The second-order valence-corrected chi connectivity index (χ2v) is 7.87. The Morgan fingerprint density at radius 2 is 1.92 bits per heavy atom. The second-order valence-electron chi connectivity index (χ2n) is 7.87. The highest BCUT2D eigenvalue weighted by atomic mass is 16.6. The Hall–Kier alpha value is -1.63. The lowest BCUT2D eigenvalue weighted by Gasteiger charge is -2.29. The predicted molar refractivity (Wildman–Crippen MR) is 101 cm³/mol. The maximum Gasteiger partial charge on any atom is 0.407 e. The quantitative estimate of drug-likeness (QED) is 0.692. The van der Waals surface area contributed by atoms with E-state index >= 15 is 0 Å². The van der Waals surface area contributed by atoms with E-state index in [1.165, 1.54) is 0 Å². The minimum Gasteiger partial charge on any atom is -0.443 e. The van der Waals surface area contributed by atoms with Crippen molar-refractivity contribution in [3.8, 4) is 0 Å². The number of hydrogen-bond acceptors (Lipinski definition) is 5. The van der Waals surface area contributed by atoms with E-state index in [1.807, 2.05) is 51.1 Å². The number of alkyl carbamates (subject to hydrolysis) is 1. The van der Waals surface area contributed by atoms with Gasteiger partial charge in [0.15, 0.2) is 0 Å². The first kappa shape index (κ1) is 20.7. The molecule has 0 saturated carbocycles. The Kier molecular flexibility index (Phi) is 7.87. The normalized spacial score (nSPS) is 18.2. The van der Waals surface area contributed by atoms with Gasteiger partial charge in [0.25, 0.3) is 0 Å². The molecule has 1 heterocycles. The molecule has 146 valence electrons. The molecule has 0 aliphatic carbocycles. The summed E-state index contributed by atoms with van der Waals surface area (Å²) in [6, 6.07) is 10.1. The topological polar surface area (TPSA) is 79.8 Å². The maximum atomic E-state index is 12.2. The van der Waals surface area contributed by atoms with Gasteiger partial charge in [0.1, 0.15) is 12.2 Å². The SMILES string of the molecule is CC(C)(C)NC(=O)O[C@@H](Cc1ccccc1)[C@H](O)CNC1CCOCC1. The van der Waals surface area contributed by atoms with Crippen molar-refractivity contribution in [2.24, 2.45) is 0 Å². The summed E-state index contributed by atoms with van der Waals surface area (Å²) in [6.07, 6.45) is 0.414. The van der Waals surface area contributed by atoms with E-state index in [4.69, 9.17) is 9.47 Å². The molecule has 26 heavy (non-hydrogen) atoms. The number of aliphatic hydroxyl groups excluding tert-OH is 1. The zero-order chi connectivity index (χ0) is 19.0. The molecule has 0 aromatic heterocycles. The molecule has 1 fully saturated rings. The fourth-order valence-corrected chi connectivity index (χ4v) is 2.90. The Bertz CT molecular complexity index is 538. The van der Waals surface area contributed by atoms with Crippen LogP contribution in [0.5, 0.6) is 0 Å². The summed E-state index contributed by atoms with van der Waals surface area (Å²) in [4.78, 5) is 12.2. The third kappa shape index (κ3) is 7.72. The number of amides is 1. The smallest absolute Gasteiger partial charge is 0.407 e. The van der Waals surface area contributed by atoms with Gasteiger partial charge in [0.2, 0.25) is 0 Å². The lowest BCUT2D eigenvalue weighted by atomic mass is 10.0. The van der Waals surface area contributed by atoms with Crippen molar-refractivity contribution in [1.82, 2.24) is 10.6 Å². The number of benzene rings is 1. The van der Waals surface area contributed by atoms with Gasteiger partial charge >= 0.3 is 6.09 Å². The molecule has 0 spiro atoms. The van der Waals surface area contributed by atoms with Crippen LogP contribution in [0.1, 0.15) is 39.2 Å². The monoisotopic (exact) mass is 364 g/mol. The molecular formula is C20H32N2O4. The lowest BCUT2D eigenvalue weighted by Crippen LogP contribution is -2.48. The average Bonchev–Trinajstić information content (AvgIpc) is 2.59. The van der Waals surface area contributed by atoms with Crippen LogP contribution in [-0.2, 0) is 15.9 Å². The zero-order valence-corrected chi connectivity index (χ0v) is 16.0. The lowest BCUT2D eigenvalue weighted by molar-refractivity contribution is -0.00235. The molecule has 1 aromatic carbocycles. The van der Waals surface area contributed by atoms with Crippen molar-refractivity contribution >= 4 is 6.09 Å². The van der Waals surface area contributed by atoms with Crippen molar-refractivity contribution in [2.45, 2.75) is 63.8 Å². The first-order valence-electron chi connectivity index (χ1n) is 9.35. The minimum absolute atomic E-state index is 0.333. The van der Waals surface area contributed by atoms with E-state index in [0.29, 0.717) is 19.0 Å². The van der Waals surface area contributed by atoms with Crippen molar-refractivity contribution in [2.75, 3.05) is 19.8 Å². The number of carbonyl (C=O) groups excluding carboxylic acids is 1. The van der Waals surface area contributed by atoms with Crippen LogP contribution in [0.4, 0.5) is 4.79 Å². The van der Waals surface area contributed by atoms with Crippen LogP contribution in [-0.4, -0.2) is 54.7 Å². The van der Waals surface area contributed by atoms with Gasteiger partial charge in [-0.3, -0.25) is 0 Å². The molecule has 3 N–H and O–H groups in total. The van der Waals surface area contributed by atoms with Crippen LogP contribution in [0.15, 0.2) is 30.3 Å². The van der Waals surface area contributed by atoms with Crippen LogP contribution < -0.4 is 10.6 Å². The molecule has 0 bridgehead atoms. The molecule has 1 saturated heterocycles. The summed E-state index contributed by atoms with van der Waals surface area (Å²) in [5.74, 6) is 0. The average molecular weight is 364 g/mol. The van der Waals surface area contributed by atoms with Gasteiger partial charge in [-0.1, -0.05) is 30.3 Å². The predicted octanol–water partition coefficient (Wildman–Crippen LogP) is 2.25. The van der Waals surface area contributed by atoms with Crippen LogP contribution in [0.25, 0.3) is 0 Å². The zero-order valence-electron chi connectivity index (χ0n) is 16.0. The van der Waals surface area contributed by atoms with Gasteiger partial charge < -0.3 is 25.2 Å². The molecule has 6 nitrogen and oxygen atoms in total. The number of ether oxygens (including phenoxy) is 2. The van der Waals surface area contributed by atoms with Crippen LogP contribution >= 0.6 is 0 Å². The molecule has 1 aromatic rings. The molecule has 2 atom stereocenters. The first-order chi connectivity index (χ1) is 12.3. The van der Waals surface area contributed by atoms with Crippen LogP contribution in [0, 0.1) is 0 Å². The van der Waals surface area contributed by atoms with Crippen molar-refractivity contribution in [3.63, 3.8) is 0 Å². The number of nitrogens with one attached hydrogen (secondary N) is 2. The number of hydrogen-bond donors (Lipinski definition) is 3. The summed E-state index contributed by atoms with van der Waals surface area (Å²) in [7, 11) is 0. The van der Waals surface area contributed by atoms with E-state index < -0.39 is 18.3 Å². The Labute approximate surface area is 156 Å². The highest BCUT2D eigenvalue weighted by Crippen LogP contribution is 2.12. The summed E-state index contributed by atoms with van der Waals surface area (Å²) < 4.78 is 10.9. The van der Waals surface area contributed by atoms with Gasteiger partial charge in [-0.15, -0.1) is 0 Å². The minimum atomic E-state index is -0.788. The molecule has 1 aliphatic heterocycles. The molecule has 0 unspecified atom stereocenters. The van der Waals surface area contributed by atoms with Gasteiger partial charge in [0, 0.05) is 37.8 Å². The third-order valence-electron chi connectivity index (χ3n) is 4.28. The standard InChI is InChI=1S/C20H32N2O4/c1-20(2,3)22-19(24)26-18(13-15-7-5-4-6-8-15)17(23)14-21-16-9-11-25-12-10-16/h4-8,16-18,21,23H,9-14H2,1-3H3,(H,22,24)/t17-,18+/m1/s1. The summed E-state index contributed by atoms with van der Waals surface area (Å²) >= 11 is 0. The largest absolute Gasteiger partial charge is 0.443 e. The van der Waals surface area contributed by atoms with Gasteiger partial charge in [0.05, 0.1) is 0 Å². The van der Waals surface area contributed by atoms with Gasteiger partial charge in [-0.2, -0.15) is 0 Å². The first-order valence-corrected chi connectivity index (χ1v) is 9.35. The van der Waals surface area contributed by atoms with Crippen LogP contribution in [0.3, 0.4) is 0 Å². The van der Waals surface area contributed by atoms with Gasteiger partial charge in [-0.05, 0) is 39.2 Å². The Morgan fingerprint density at radius 3 is 2.54 bits per heavy atom. The summed E-state index contributed by atoms with van der Waals surface area (Å²) in [6.45, 7) is 7.54. The van der Waals surface area contributed by atoms with Crippen molar-refractivity contribution < 1.29 is 19.4 Å². The van der Waals surface area contributed by atoms with E-state index in [2.05, 4.69) is 10.6 Å². The Morgan fingerprint density at radius 1 is 1.27 bits per heavy atom.